The number of hydrogen-bond donors (Lipinski definition) is 5. The maximum atomic E-state index is 8.88. The molecule has 0 bridgehead atoms. The molecule has 6 nitrogen and oxygen atoms in total. The van der Waals surface area contributed by atoms with Crippen molar-refractivity contribution >= 4 is 7.82 Å². The highest BCUT2D eigenvalue weighted by molar-refractivity contribution is 7.45. The van der Waals surface area contributed by atoms with Gasteiger partial charge in [0, 0.05) is 12.6 Å². The molecule has 7 heteroatoms. The zero-order valence-corrected chi connectivity index (χ0v) is 7.24. The van der Waals surface area contributed by atoms with Gasteiger partial charge < -0.3 is 26.1 Å². The number of nitrogens with two attached hydrogens (primary N) is 2. The average Bonchev–Trinajstić information content (AvgIpc) is 1.83. The van der Waals surface area contributed by atoms with Gasteiger partial charge in [-0.2, -0.15) is 0 Å². The summed E-state index contributed by atoms with van der Waals surface area (Å²) < 4.78 is 8.88. The zero-order valence-electron chi connectivity index (χ0n) is 6.34. The highest BCUT2D eigenvalue weighted by atomic mass is 31.2. The first-order valence-electron chi connectivity index (χ1n) is 3.05. The van der Waals surface area contributed by atoms with Crippen LogP contribution in [0.5, 0.6) is 0 Å². The largest absolute Gasteiger partial charge is 0.466 e. The molecule has 0 saturated heterocycles. The first-order valence-corrected chi connectivity index (χ1v) is 4.61. The van der Waals surface area contributed by atoms with E-state index in [2.05, 4.69) is 0 Å². The molecule has 0 heterocycles. The maximum absolute atomic E-state index is 8.88. The molecule has 0 fully saturated rings. The Bertz CT molecular complexity index is 113. The number of hydrogen-bond acceptors (Lipinski definition) is 3. The predicted molar refractivity (Wildman–Crippen MR) is 41.6 cm³/mol. The Kier molecular flexibility index (Phi) is 8.32. The standard InChI is InChI=1S/C4H12N2.H3O4P/c1-2-4(6)3-5;1-5(2,3)4/h4H,2-3,5-6H2,1H3;(H3,1,2,3,4). The summed E-state index contributed by atoms with van der Waals surface area (Å²) in [5, 5.41) is 0. The van der Waals surface area contributed by atoms with Gasteiger partial charge in [0.15, 0.2) is 0 Å². The van der Waals surface area contributed by atoms with Gasteiger partial charge in [-0.15, -0.1) is 0 Å². The number of rotatable bonds is 2. The van der Waals surface area contributed by atoms with Crippen LogP contribution in [-0.2, 0) is 4.57 Å². The third-order valence-electron chi connectivity index (χ3n) is 0.827. The smallest absolute Gasteiger partial charge is 0.329 e. The van der Waals surface area contributed by atoms with Crippen molar-refractivity contribution in [1.29, 1.82) is 0 Å². The molecule has 0 aromatic rings. The van der Waals surface area contributed by atoms with E-state index < -0.39 is 7.82 Å². The van der Waals surface area contributed by atoms with E-state index in [-0.39, 0.29) is 6.04 Å². The summed E-state index contributed by atoms with van der Waals surface area (Å²) in [5.41, 5.74) is 10.5. The average molecular weight is 186 g/mol. The summed E-state index contributed by atoms with van der Waals surface area (Å²) in [6.07, 6.45) is 0.983. The lowest BCUT2D eigenvalue weighted by Crippen LogP contribution is -2.28. The first kappa shape index (κ1) is 13.6. The van der Waals surface area contributed by atoms with E-state index in [0.29, 0.717) is 6.54 Å². The minimum atomic E-state index is -4.64. The van der Waals surface area contributed by atoms with Crippen LogP contribution < -0.4 is 11.5 Å². The molecule has 0 aromatic carbocycles. The predicted octanol–water partition coefficient (Wildman–Crippen LogP) is -1.25. The van der Waals surface area contributed by atoms with Crippen molar-refractivity contribution in [2.75, 3.05) is 6.54 Å². The third-order valence-corrected chi connectivity index (χ3v) is 0.827. The SMILES string of the molecule is CCC(N)CN.O=P(O)(O)O. The van der Waals surface area contributed by atoms with E-state index in [1.807, 2.05) is 6.92 Å². The topological polar surface area (TPSA) is 130 Å². The van der Waals surface area contributed by atoms with Crippen LogP contribution in [0.1, 0.15) is 13.3 Å². The monoisotopic (exact) mass is 186 g/mol. The first-order chi connectivity index (χ1) is 4.81. The highest BCUT2D eigenvalue weighted by Crippen LogP contribution is 2.25. The van der Waals surface area contributed by atoms with E-state index in [1.54, 1.807) is 0 Å². The van der Waals surface area contributed by atoms with Gasteiger partial charge in [-0.1, -0.05) is 6.92 Å². The lowest BCUT2D eigenvalue weighted by molar-refractivity contribution is 0.275. The normalized spacial score (nSPS) is 13.3. The quantitative estimate of drug-likeness (QED) is 0.343. The van der Waals surface area contributed by atoms with E-state index in [1.165, 1.54) is 0 Å². The Hall–Kier alpha value is 0.0300. The molecule has 1 unspecified atom stereocenters. The van der Waals surface area contributed by atoms with Gasteiger partial charge in [0.05, 0.1) is 0 Å². The van der Waals surface area contributed by atoms with Gasteiger partial charge in [0.2, 0.25) is 0 Å². The summed E-state index contributed by atoms with van der Waals surface area (Å²) in [4.78, 5) is 21.6. The Morgan fingerprint density at radius 1 is 1.45 bits per heavy atom. The summed E-state index contributed by atoms with van der Waals surface area (Å²) in [6, 6.07) is 0.213. The van der Waals surface area contributed by atoms with Gasteiger partial charge in [0.1, 0.15) is 0 Å². The lowest BCUT2D eigenvalue weighted by Gasteiger charge is -1.99. The van der Waals surface area contributed by atoms with Gasteiger partial charge >= 0.3 is 7.82 Å². The van der Waals surface area contributed by atoms with Crippen molar-refractivity contribution in [3.8, 4) is 0 Å². The molecule has 0 saturated carbocycles. The Morgan fingerprint density at radius 3 is 1.73 bits per heavy atom. The minimum absolute atomic E-state index is 0.213. The molecule has 0 aliphatic rings. The summed E-state index contributed by atoms with van der Waals surface area (Å²) in [7, 11) is -4.64. The second kappa shape index (κ2) is 6.72. The molecule has 1 atom stereocenters. The molecular formula is C4H15N2O4P. The Labute approximate surface area is 65.5 Å². The zero-order chi connectivity index (χ0) is 9.49. The van der Waals surface area contributed by atoms with Crippen LogP contribution in [0.4, 0.5) is 0 Å². The summed E-state index contributed by atoms with van der Waals surface area (Å²) in [5.74, 6) is 0. The number of phosphoric acid groups is 1. The van der Waals surface area contributed by atoms with E-state index in [9.17, 15) is 0 Å². The van der Waals surface area contributed by atoms with Crippen LogP contribution in [0.15, 0.2) is 0 Å². The van der Waals surface area contributed by atoms with Crippen LogP contribution >= 0.6 is 7.82 Å². The van der Waals surface area contributed by atoms with Gasteiger partial charge in [-0.05, 0) is 6.42 Å². The molecule has 0 rings (SSSR count). The van der Waals surface area contributed by atoms with Gasteiger partial charge in [-0.3, -0.25) is 0 Å². The van der Waals surface area contributed by atoms with Crippen LogP contribution in [0.25, 0.3) is 0 Å². The third kappa shape index (κ3) is 39.8. The van der Waals surface area contributed by atoms with Gasteiger partial charge in [-0.25, -0.2) is 4.57 Å². The second-order valence-electron chi connectivity index (χ2n) is 1.92. The molecule has 0 aliphatic carbocycles. The fourth-order valence-electron chi connectivity index (χ4n) is 0.167. The van der Waals surface area contributed by atoms with Crippen LogP contribution in [0.3, 0.4) is 0 Å². The molecule has 0 aliphatic heterocycles. The van der Waals surface area contributed by atoms with Crippen molar-refractivity contribution in [3.05, 3.63) is 0 Å². The van der Waals surface area contributed by atoms with Gasteiger partial charge in [0.25, 0.3) is 0 Å². The molecule has 7 N–H and O–H groups in total. The van der Waals surface area contributed by atoms with Crippen molar-refractivity contribution in [3.63, 3.8) is 0 Å². The van der Waals surface area contributed by atoms with Crippen LogP contribution in [0.2, 0.25) is 0 Å². The second-order valence-corrected chi connectivity index (χ2v) is 2.94. The molecule has 0 aromatic heterocycles. The van der Waals surface area contributed by atoms with Crippen molar-refractivity contribution in [1.82, 2.24) is 0 Å². The Balaban J connectivity index is 0. The molecular weight excluding hydrogens is 171 g/mol. The van der Waals surface area contributed by atoms with Crippen molar-refractivity contribution < 1.29 is 19.2 Å². The Morgan fingerprint density at radius 2 is 1.73 bits per heavy atom. The van der Waals surface area contributed by atoms with Crippen LogP contribution in [0, 0.1) is 0 Å². The fourth-order valence-corrected chi connectivity index (χ4v) is 0.167. The summed E-state index contributed by atoms with van der Waals surface area (Å²) in [6.45, 7) is 2.63. The lowest BCUT2D eigenvalue weighted by atomic mass is 10.2. The molecule has 11 heavy (non-hydrogen) atoms. The van der Waals surface area contributed by atoms with E-state index in [4.69, 9.17) is 30.7 Å². The van der Waals surface area contributed by atoms with E-state index >= 15 is 0 Å². The summed E-state index contributed by atoms with van der Waals surface area (Å²) >= 11 is 0. The molecule has 0 amide bonds. The van der Waals surface area contributed by atoms with Crippen molar-refractivity contribution in [2.45, 2.75) is 19.4 Å². The maximum Gasteiger partial charge on any atom is 0.466 e. The van der Waals surface area contributed by atoms with E-state index in [0.717, 1.165) is 6.42 Å². The molecule has 0 spiro atoms. The molecule has 0 radical (unpaired) electrons. The van der Waals surface area contributed by atoms with Crippen molar-refractivity contribution in [2.24, 2.45) is 11.5 Å². The fraction of sp³-hybridized carbons (Fsp3) is 1.00. The minimum Gasteiger partial charge on any atom is -0.329 e. The highest BCUT2D eigenvalue weighted by Gasteiger charge is 2.00. The molecule has 70 valence electrons. The van der Waals surface area contributed by atoms with Crippen LogP contribution in [-0.4, -0.2) is 27.3 Å².